The zero-order chi connectivity index (χ0) is 16.9. The largest absolute Gasteiger partial charge is 0.450 e. The minimum atomic E-state index is -0.277. The quantitative estimate of drug-likeness (QED) is 0.940. The molecule has 0 bridgehead atoms. The summed E-state index contributed by atoms with van der Waals surface area (Å²) in [5.74, 6) is -0.117. The molecule has 2 heterocycles. The summed E-state index contributed by atoms with van der Waals surface area (Å²) in [4.78, 5) is 30.3. The van der Waals surface area contributed by atoms with Crippen molar-refractivity contribution in [2.45, 2.75) is 25.8 Å². The van der Waals surface area contributed by atoms with E-state index < -0.39 is 0 Å². The topological polar surface area (TPSA) is 71.5 Å². The van der Waals surface area contributed by atoms with E-state index in [-0.39, 0.29) is 18.0 Å². The Morgan fingerprint density at radius 1 is 1.25 bits per heavy atom. The fourth-order valence-corrected chi connectivity index (χ4v) is 2.97. The molecule has 0 saturated carbocycles. The Kier molecular flexibility index (Phi) is 4.93. The Labute approximate surface area is 140 Å². The standard InChI is InChI=1S/C18H21N3O3/c1-2-24-18(23)21-11-8-14(9-12-21)20-17(22)15-7-3-5-13-6-4-10-19-16(13)15/h3-7,10,14H,2,8-9,11-12H2,1H3,(H,20,22). The number of hydrogen-bond acceptors (Lipinski definition) is 4. The highest BCUT2D eigenvalue weighted by Gasteiger charge is 2.25. The van der Waals surface area contributed by atoms with Gasteiger partial charge in [-0.3, -0.25) is 9.78 Å². The van der Waals surface area contributed by atoms with Gasteiger partial charge in [0.25, 0.3) is 5.91 Å². The third-order valence-corrected chi connectivity index (χ3v) is 4.23. The molecule has 1 aliphatic heterocycles. The number of benzene rings is 1. The number of fused-ring (bicyclic) bond motifs is 1. The number of nitrogens with zero attached hydrogens (tertiary/aromatic N) is 2. The average Bonchev–Trinajstić information content (AvgIpc) is 2.62. The number of aromatic nitrogens is 1. The Hall–Kier alpha value is -2.63. The summed E-state index contributed by atoms with van der Waals surface area (Å²) in [7, 11) is 0. The van der Waals surface area contributed by atoms with Gasteiger partial charge in [-0.1, -0.05) is 18.2 Å². The van der Waals surface area contributed by atoms with Crippen LogP contribution in [0.4, 0.5) is 4.79 Å². The number of piperidine rings is 1. The van der Waals surface area contributed by atoms with Crippen molar-refractivity contribution in [2.24, 2.45) is 0 Å². The lowest BCUT2D eigenvalue weighted by atomic mass is 10.0. The molecule has 24 heavy (non-hydrogen) atoms. The van der Waals surface area contributed by atoms with Gasteiger partial charge >= 0.3 is 6.09 Å². The van der Waals surface area contributed by atoms with E-state index in [4.69, 9.17) is 4.74 Å². The first kappa shape index (κ1) is 16.2. The van der Waals surface area contributed by atoms with Gasteiger partial charge in [0.1, 0.15) is 0 Å². The normalized spacial score (nSPS) is 15.3. The predicted molar refractivity (Wildman–Crippen MR) is 90.8 cm³/mol. The Morgan fingerprint density at radius 2 is 2.00 bits per heavy atom. The van der Waals surface area contributed by atoms with E-state index in [9.17, 15) is 9.59 Å². The third kappa shape index (κ3) is 3.48. The number of pyridine rings is 1. The van der Waals surface area contributed by atoms with Crippen molar-refractivity contribution in [2.75, 3.05) is 19.7 Å². The molecule has 0 radical (unpaired) electrons. The summed E-state index contributed by atoms with van der Waals surface area (Å²) in [5.41, 5.74) is 1.29. The monoisotopic (exact) mass is 327 g/mol. The van der Waals surface area contributed by atoms with Gasteiger partial charge in [0.15, 0.2) is 0 Å². The van der Waals surface area contributed by atoms with E-state index in [1.165, 1.54) is 0 Å². The minimum absolute atomic E-state index is 0.0575. The molecule has 3 rings (SSSR count). The fourth-order valence-electron chi connectivity index (χ4n) is 2.97. The van der Waals surface area contributed by atoms with Crippen LogP contribution in [0.2, 0.25) is 0 Å². The Balaban J connectivity index is 1.63. The van der Waals surface area contributed by atoms with Crippen LogP contribution in [0.25, 0.3) is 10.9 Å². The number of nitrogens with one attached hydrogen (secondary N) is 1. The minimum Gasteiger partial charge on any atom is -0.450 e. The maximum Gasteiger partial charge on any atom is 0.409 e. The molecule has 126 valence electrons. The van der Waals surface area contributed by atoms with Crippen molar-refractivity contribution in [1.82, 2.24) is 15.2 Å². The second-order valence-electron chi connectivity index (χ2n) is 5.81. The third-order valence-electron chi connectivity index (χ3n) is 4.23. The zero-order valence-corrected chi connectivity index (χ0v) is 13.7. The van der Waals surface area contributed by atoms with E-state index in [1.54, 1.807) is 24.1 Å². The van der Waals surface area contributed by atoms with Crippen molar-refractivity contribution < 1.29 is 14.3 Å². The molecule has 1 aromatic heterocycles. The summed E-state index contributed by atoms with van der Waals surface area (Å²) in [6.45, 7) is 3.36. The van der Waals surface area contributed by atoms with Gasteiger partial charge in [0.05, 0.1) is 17.7 Å². The Morgan fingerprint density at radius 3 is 2.75 bits per heavy atom. The first-order valence-corrected chi connectivity index (χ1v) is 8.25. The van der Waals surface area contributed by atoms with Crippen molar-refractivity contribution in [3.8, 4) is 0 Å². The maximum absolute atomic E-state index is 12.6. The van der Waals surface area contributed by atoms with Crippen LogP contribution in [0.1, 0.15) is 30.1 Å². The molecule has 1 fully saturated rings. The van der Waals surface area contributed by atoms with Gasteiger partial charge in [-0.2, -0.15) is 0 Å². The van der Waals surface area contributed by atoms with Crippen molar-refractivity contribution in [3.05, 3.63) is 42.1 Å². The van der Waals surface area contributed by atoms with Crippen LogP contribution in [0.15, 0.2) is 36.5 Å². The zero-order valence-electron chi connectivity index (χ0n) is 13.7. The predicted octanol–water partition coefficient (Wildman–Crippen LogP) is 2.59. The second kappa shape index (κ2) is 7.29. The number of likely N-dealkylation sites (tertiary alicyclic amines) is 1. The molecule has 1 saturated heterocycles. The van der Waals surface area contributed by atoms with Crippen LogP contribution in [0.5, 0.6) is 0 Å². The number of carbonyl (C=O) groups is 2. The van der Waals surface area contributed by atoms with E-state index in [1.807, 2.05) is 24.3 Å². The van der Waals surface area contributed by atoms with Gasteiger partial charge in [0.2, 0.25) is 0 Å². The highest BCUT2D eigenvalue weighted by molar-refractivity contribution is 6.05. The molecule has 0 spiro atoms. The number of para-hydroxylation sites is 1. The van der Waals surface area contributed by atoms with Crippen molar-refractivity contribution in [3.63, 3.8) is 0 Å². The van der Waals surface area contributed by atoms with Crippen LogP contribution in [-0.2, 0) is 4.74 Å². The second-order valence-corrected chi connectivity index (χ2v) is 5.81. The van der Waals surface area contributed by atoms with Gasteiger partial charge in [-0.05, 0) is 31.9 Å². The lowest BCUT2D eigenvalue weighted by Crippen LogP contribution is -2.46. The van der Waals surface area contributed by atoms with Crippen LogP contribution >= 0.6 is 0 Å². The smallest absolute Gasteiger partial charge is 0.409 e. The van der Waals surface area contributed by atoms with Gasteiger partial charge in [-0.25, -0.2) is 4.79 Å². The summed E-state index contributed by atoms with van der Waals surface area (Å²) in [6, 6.07) is 9.45. The molecule has 1 N–H and O–H groups in total. The molecule has 0 unspecified atom stereocenters. The first-order chi connectivity index (χ1) is 11.7. The lowest BCUT2D eigenvalue weighted by molar-refractivity contribution is 0.0861. The lowest BCUT2D eigenvalue weighted by Gasteiger charge is -2.31. The molecule has 1 aromatic carbocycles. The molecular weight excluding hydrogens is 306 g/mol. The Bertz CT molecular complexity index is 734. The number of rotatable bonds is 3. The van der Waals surface area contributed by atoms with Crippen LogP contribution in [0, 0.1) is 0 Å². The summed E-state index contributed by atoms with van der Waals surface area (Å²) >= 11 is 0. The molecule has 0 atom stereocenters. The molecule has 1 aliphatic rings. The summed E-state index contributed by atoms with van der Waals surface area (Å²) in [5, 5.41) is 4.01. The molecule has 2 amide bonds. The van der Waals surface area contributed by atoms with E-state index in [0.29, 0.717) is 30.8 Å². The van der Waals surface area contributed by atoms with E-state index in [2.05, 4.69) is 10.3 Å². The molecule has 6 nitrogen and oxygen atoms in total. The van der Waals surface area contributed by atoms with Crippen LogP contribution in [0.3, 0.4) is 0 Å². The molecule has 0 aliphatic carbocycles. The van der Waals surface area contributed by atoms with Crippen molar-refractivity contribution in [1.29, 1.82) is 0 Å². The van der Waals surface area contributed by atoms with Gasteiger partial charge in [0, 0.05) is 30.7 Å². The average molecular weight is 327 g/mol. The molecular formula is C18H21N3O3. The van der Waals surface area contributed by atoms with E-state index >= 15 is 0 Å². The number of ether oxygens (including phenoxy) is 1. The molecule has 6 heteroatoms. The first-order valence-electron chi connectivity index (χ1n) is 8.25. The number of carbonyl (C=O) groups excluding carboxylic acids is 2. The van der Waals surface area contributed by atoms with Gasteiger partial charge < -0.3 is 15.0 Å². The fraction of sp³-hybridized carbons (Fsp3) is 0.389. The summed E-state index contributed by atoms with van der Waals surface area (Å²) < 4.78 is 5.01. The van der Waals surface area contributed by atoms with Crippen LogP contribution in [-0.4, -0.2) is 47.6 Å². The SMILES string of the molecule is CCOC(=O)N1CCC(NC(=O)c2cccc3cccnc23)CC1. The number of amides is 2. The summed E-state index contributed by atoms with van der Waals surface area (Å²) in [6.07, 6.45) is 2.86. The maximum atomic E-state index is 12.6. The van der Waals surface area contributed by atoms with E-state index in [0.717, 1.165) is 18.2 Å². The highest BCUT2D eigenvalue weighted by Crippen LogP contribution is 2.17. The highest BCUT2D eigenvalue weighted by atomic mass is 16.6. The number of hydrogen-bond donors (Lipinski definition) is 1. The van der Waals surface area contributed by atoms with Gasteiger partial charge in [-0.15, -0.1) is 0 Å². The van der Waals surface area contributed by atoms with Crippen LogP contribution < -0.4 is 5.32 Å². The van der Waals surface area contributed by atoms with Crippen molar-refractivity contribution >= 4 is 22.9 Å². The molecule has 2 aromatic rings.